The van der Waals surface area contributed by atoms with Crippen LogP contribution in [0.3, 0.4) is 0 Å². The fraction of sp³-hybridized carbons (Fsp3) is 0.393. The first-order valence-electron chi connectivity index (χ1n) is 12.8. The number of carbonyl (C=O) groups excluding carboxylic acids is 1. The summed E-state index contributed by atoms with van der Waals surface area (Å²) in [4.78, 5) is 19.2. The first-order valence-corrected chi connectivity index (χ1v) is 14.4. The predicted octanol–water partition coefficient (Wildman–Crippen LogP) is 4.20. The van der Waals surface area contributed by atoms with E-state index in [-0.39, 0.29) is 11.9 Å². The maximum atomic E-state index is 13.5. The molecule has 1 aliphatic heterocycles. The number of thiophene rings is 1. The topological polar surface area (TPSA) is 73.6 Å². The monoisotopic (exact) mass is 559 g/mol. The summed E-state index contributed by atoms with van der Waals surface area (Å²) >= 11 is 14.3. The largest absolute Gasteiger partial charge is 0.368 e. The van der Waals surface area contributed by atoms with Crippen molar-refractivity contribution in [3.05, 3.63) is 86.0 Å². The molecule has 1 atom stereocenters. The second-order valence-corrected chi connectivity index (χ2v) is 11.1. The second kappa shape index (κ2) is 14.1. The zero-order valence-electron chi connectivity index (χ0n) is 21.0. The highest BCUT2D eigenvalue weighted by Gasteiger charge is 2.28. The summed E-state index contributed by atoms with van der Waals surface area (Å²) in [6.45, 7) is 5.74. The van der Waals surface area contributed by atoms with Crippen molar-refractivity contribution in [1.29, 1.82) is 0 Å². The van der Waals surface area contributed by atoms with E-state index in [0.717, 1.165) is 38.2 Å². The van der Waals surface area contributed by atoms with E-state index >= 15 is 0 Å². The zero-order chi connectivity index (χ0) is 26.0. The lowest BCUT2D eigenvalue weighted by Crippen LogP contribution is -2.55. The highest BCUT2D eigenvalue weighted by atomic mass is 35.5. The standard InChI is InChI=1S/C28H35Cl2N5OS/c29-23-8-7-21(25(30)19-23)18-26(33-12-10-31)28(36)35-15-13-34(14-16-35)27-6-2-1-4-22(27)20-32-11-9-24-5-3-17-37-24/h1-8,17,19,26,32-33H,9-16,18,20,31H2/t26-/m1/s1. The molecule has 1 fully saturated rings. The van der Waals surface area contributed by atoms with Crippen LogP contribution in [0.1, 0.15) is 16.0 Å². The number of hydrogen-bond acceptors (Lipinski definition) is 6. The molecule has 6 nitrogen and oxygen atoms in total. The van der Waals surface area contributed by atoms with E-state index in [4.69, 9.17) is 28.9 Å². The van der Waals surface area contributed by atoms with Crippen LogP contribution in [0.2, 0.25) is 10.0 Å². The number of piperazine rings is 1. The minimum Gasteiger partial charge on any atom is -0.368 e. The van der Waals surface area contributed by atoms with E-state index in [1.807, 2.05) is 11.0 Å². The third-order valence-electron chi connectivity index (χ3n) is 6.64. The molecule has 0 spiro atoms. The molecule has 4 rings (SSSR count). The van der Waals surface area contributed by atoms with Gasteiger partial charge in [-0.3, -0.25) is 4.79 Å². The number of nitrogens with one attached hydrogen (secondary N) is 2. The molecular weight excluding hydrogens is 525 g/mol. The predicted molar refractivity (Wildman–Crippen MR) is 156 cm³/mol. The van der Waals surface area contributed by atoms with Crippen molar-refractivity contribution < 1.29 is 4.79 Å². The van der Waals surface area contributed by atoms with Crippen LogP contribution in [0.5, 0.6) is 0 Å². The number of nitrogens with zero attached hydrogens (tertiary/aromatic N) is 2. The van der Waals surface area contributed by atoms with Crippen molar-refractivity contribution in [2.45, 2.75) is 25.4 Å². The Bertz CT molecular complexity index is 1140. The minimum absolute atomic E-state index is 0.0858. The number of benzene rings is 2. The highest BCUT2D eigenvalue weighted by Crippen LogP contribution is 2.24. The molecule has 1 aromatic heterocycles. The molecule has 0 saturated carbocycles. The van der Waals surface area contributed by atoms with Crippen LogP contribution in [-0.4, -0.2) is 62.7 Å². The van der Waals surface area contributed by atoms with Crippen LogP contribution in [0.4, 0.5) is 5.69 Å². The van der Waals surface area contributed by atoms with Gasteiger partial charge < -0.3 is 26.2 Å². The average molecular weight is 561 g/mol. The molecule has 0 radical (unpaired) electrons. The first kappa shape index (κ1) is 27.9. The highest BCUT2D eigenvalue weighted by molar-refractivity contribution is 7.09. The molecule has 1 amide bonds. The lowest BCUT2D eigenvalue weighted by molar-refractivity contribution is -0.133. The van der Waals surface area contributed by atoms with Crippen LogP contribution in [0, 0.1) is 0 Å². The van der Waals surface area contributed by atoms with Crippen molar-refractivity contribution in [3.63, 3.8) is 0 Å². The van der Waals surface area contributed by atoms with Gasteiger partial charge in [-0.05, 0) is 53.6 Å². The van der Waals surface area contributed by atoms with Crippen molar-refractivity contribution in [1.82, 2.24) is 15.5 Å². The molecule has 0 unspecified atom stereocenters. The number of para-hydroxylation sites is 1. The van der Waals surface area contributed by atoms with Crippen LogP contribution in [0.15, 0.2) is 60.0 Å². The van der Waals surface area contributed by atoms with Gasteiger partial charge in [0.05, 0.1) is 6.04 Å². The summed E-state index contributed by atoms with van der Waals surface area (Å²) in [6.07, 6.45) is 1.54. The Labute approximate surface area is 233 Å². The van der Waals surface area contributed by atoms with Gasteiger partial charge in [0.25, 0.3) is 0 Å². The summed E-state index contributed by atoms with van der Waals surface area (Å²) in [5.74, 6) is 0.0858. The number of amides is 1. The molecule has 1 aliphatic rings. The van der Waals surface area contributed by atoms with E-state index in [9.17, 15) is 4.79 Å². The Morgan fingerprint density at radius 2 is 1.81 bits per heavy atom. The van der Waals surface area contributed by atoms with Gasteiger partial charge in [0.1, 0.15) is 0 Å². The van der Waals surface area contributed by atoms with Gasteiger partial charge in [-0.15, -0.1) is 11.3 Å². The third-order valence-corrected chi connectivity index (χ3v) is 8.16. The lowest BCUT2D eigenvalue weighted by Gasteiger charge is -2.38. The van der Waals surface area contributed by atoms with Gasteiger partial charge >= 0.3 is 0 Å². The summed E-state index contributed by atoms with van der Waals surface area (Å²) in [7, 11) is 0. The van der Waals surface area contributed by atoms with Gasteiger partial charge in [0.2, 0.25) is 5.91 Å². The van der Waals surface area contributed by atoms with E-state index < -0.39 is 0 Å². The van der Waals surface area contributed by atoms with Crippen molar-refractivity contribution >= 4 is 46.1 Å². The number of rotatable bonds is 12. The molecule has 198 valence electrons. The summed E-state index contributed by atoms with van der Waals surface area (Å²) in [5, 5.41) is 10.2. The molecule has 0 bridgehead atoms. The SMILES string of the molecule is NCCN[C@H](Cc1ccc(Cl)cc1Cl)C(=O)N1CCN(c2ccccc2CNCCc2cccs2)CC1. The van der Waals surface area contributed by atoms with Crippen molar-refractivity contribution in [2.24, 2.45) is 5.73 Å². The Morgan fingerprint density at radius 3 is 2.54 bits per heavy atom. The molecular formula is C28H35Cl2N5OS. The molecule has 2 aromatic carbocycles. The van der Waals surface area contributed by atoms with E-state index in [2.05, 4.69) is 57.3 Å². The first-order chi connectivity index (χ1) is 18.0. The zero-order valence-corrected chi connectivity index (χ0v) is 23.3. The average Bonchev–Trinajstić information content (AvgIpc) is 3.44. The third kappa shape index (κ3) is 7.93. The maximum absolute atomic E-state index is 13.5. The summed E-state index contributed by atoms with van der Waals surface area (Å²) in [6, 6.07) is 17.9. The number of hydrogen-bond donors (Lipinski definition) is 3. The fourth-order valence-electron chi connectivity index (χ4n) is 4.66. The van der Waals surface area contributed by atoms with E-state index in [1.54, 1.807) is 23.5 Å². The molecule has 2 heterocycles. The summed E-state index contributed by atoms with van der Waals surface area (Å²) in [5.41, 5.74) is 9.14. The van der Waals surface area contributed by atoms with E-state index in [1.165, 1.54) is 16.1 Å². The molecule has 37 heavy (non-hydrogen) atoms. The Hall–Kier alpha value is -2.13. The number of nitrogens with two attached hydrogens (primary N) is 1. The fourth-order valence-corrected chi connectivity index (χ4v) is 5.85. The Kier molecular flexibility index (Phi) is 10.7. The van der Waals surface area contributed by atoms with Gasteiger partial charge in [-0.2, -0.15) is 0 Å². The number of carbonyl (C=O) groups is 1. The number of halogens is 2. The smallest absolute Gasteiger partial charge is 0.240 e. The van der Waals surface area contributed by atoms with E-state index in [0.29, 0.717) is 42.6 Å². The van der Waals surface area contributed by atoms with Gasteiger partial charge in [0, 0.05) is 73.0 Å². The number of anilines is 1. The molecule has 9 heteroatoms. The maximum Gasteiger partial charge on any atom is 0.240 e. The van der Waals surface area contributed by atoms with Crippen molar-refractivity contribution in [2.75, 3.05) is 50.7 Å². The van der Waals surface area contributed by atoms with Gasteiger partial charge in [-0.25, -0.2) is 0 Å². The lowest BCUT2D eigenvalue weighted by atomic mass is 10.0. The Balaban J connectivity index is 1.33. The quantitative estimate of drug-likeness (QED) is 0.290. The minimum atomic E-state index is -0.381. The van der Waals surface area contributed by atoms with Crippen LogP contribution in [0.25, 0.3) is 0 Å². The van der Waals surface area contributed by atoms with Crippen molar-refractivity contribution in [3.8, 4) is 0 Å². The van der Waals surface area contributed by atoms with Crippen LogP contribution >= 0.6 is 34.5 Å². The van der Waals surface area contributed by atoms with Gasteiger partial charge in [0.15, 0.2) is 0 Å². The Morgan fingerprint density at radius 1 is 1.00 bits per heavy atom. The summed E-state index contributed by atoms with van der Waals surface area (Å²) < 4.78 is 0. The molecule has 3 aromatic rings. The van der Waals surface area contributed by atoms with Crippen LogP contribution < -0.4 is 21.3 Å². The van der Waals surface area contributed by atoms with Gasteiger partial charge in [-0.1, -0.05) is 53.5 Å². The second-order valence-electron chi connectivity index (χ2n) is 9.18. The molecule has 0 aliphatic carbocycles. The van der Waals surface area contributed by atoms with Crippen LogP contribution in [-0.2, 0) is 24.2 Å². The normalized spacial score (nSPS) is 14.7. The molecule has 4 N–H and O–H groups in total. The molecule has 1 saturated heterocycles.